The second kappa shape index (κ2) is 7.25. The highest BCUT2D eigenvalue weighted by Gasteiger charge is 2.23. The third-order valence-electron chi connectivity index (χ3n) is 3.91. The van der Waals surface area contributed by atoms with Crippen LogP contribution in [0.5, 0.6) is 0 Å². The van der Waals surface area contributed by atoms with Crippen molar-refractivity contribution >= 4 is 0 Å². The van der Waals surface area contributed by atoms with E-state index in [1.54, 1.807) is 0 Å². The maximum absolute atomic E-state index is 3.38. The molecule has 1 rings (SSSR count). The summed E-state index contributed by atoms with van der Waals surface area (Å²) in [5, 5.41) is 3.38. The quantitative estimate of drug-likeness (QED) is 0.709. The van der Waals surface area contributed by atoms with Crippen molar-refractivity contribution in [1.29, 1.82) is 0 Å². The van der Waals surface area contributed by atoms with E-state index in [4.69, 9.17) is 0 Å². The maximum Gasteiger partial charge on any atom is 0.0229 e. The predicted molar refractivity (Wildman–Crippen MR) is 70.9 cm³/mol. The molecule has 2 atom stereocenters. The lowest BCUT2D eigenvalue weighted by atomic mass is 10.1. The molecule has 0 radical (unpaired) electrons. The lowest BCUT2D eigenvalue weighted by Crippen LogP contribution is -2.32. The van der Waals surface area contributed by atoms with Gasteiger partial charge in [0, 0.05) is 18.6 Å². The number of hydrogen-bond donors (Lipinski definition) is 1. The van der Waals surface area contributed by atoms with Crippen molar-refractivity contribution in [1.82, 2.24) is 15.1 Å². The van der Waals surface area contributed by atoms with Gasteiger partial charge in [-0.15, -0.1) is 0 Å². The molecule has 2 unspecified atom stereocenters. The van der Waals surface area contributed by atoms with Gasteiger partial charge in [-0.1, -0.05) is 6.92 Å². The van der Waals surface area contributed by atoms with Gasteiger partial charge in [0.25, 0.3) is 0 Å². The average molecular weight is 227 g/mol. The number of nitrogens with zero attached hydrogens (tertiary/aromatic N) is 2. The molecule has 96 valence electrons. The summed E-state index contributed by atoms with van der Waals surface area (Å²) in [6, 6.07) is 1.50. The van der Waals surface area contributed by atoms with Gasteiger partial charge in [0.05, 0.1) is 0 Å². The van der Waals surface area contributed by atoms with Crippen LogP contribution in [0.15, 0.2) is 0 Å². The Kier molecular flexibility index (Phi) is 6.32. The molecule has 0 bridgehead atoms. The lowest BCUT2D eigenvalue weighted by Gasteiger charge is -2.21. The van der Waals surface area contributed by atoms with Gasteiger partial charge in [0.15, 0.2) is 0 Å². The van der Waals surface area contributed by atoms with Crippen LogP contribution in [0, 0.1) is 0 Å². The SMILES string of the molecule is CCC(CCCN1CCC(N(C)C)C1)NC. The first-order valence-electron chi connectivity index (χ1n) is 6.73. The van der Waals surface area contributed by atoms with E-state index in [1.165, 1.54) is 45.3 Å². The van der Waals surface area contributed by atoms with E-state index in [2.05, 4.69) is 43.2 Å². The van der Waals surface area contributed by atoms with Crippen molar-refractivity contribution in [2.45, 2.75) is 44.7 Å². The fourth-order valence-electron chi connectivity index (χ4n) is 2.55. The van der Waals surface area contributed by atoms with E-state index in [9.17, 15) is 0 Å². The third-order valence-corrected chi connectivity index (χ3v) is 3.91. The Bertz CT molecular complexity index is 178. The van der Waals surface area contributed by atoms with E-state index >= 15 is 0 Å². The second-order valence-electron chi connectivity index (χ2n) is 5.24. The van der Waals surface area contributed by atoms with Gasteiger partial charge in [-0.05, 0) is 59.9 Å². The summed E-state index contributed by atoms with van der Waals surface area (Å²) >= 11 is 0. The Labute approximate surface area is 101 Å². The van der Waals surface area contributed by atoms with E-state index in [1.807, 2.05) is 0 Å². The minimum Gasteiger partial charge on any atom is -0.317 e. The minimum absolute atomic E-state index is 0.715. The highest BCUT2D eigenvalue weighted by molar-refractivity contribution is 4.80. The fourth-order valence-corrected chi connectivity index (χ4v) is 2.55. The average Bonchev–Trinajstić information content (AvgIpc) is 2.73. The van der Waals surface area contributed by atoms with Crippen molar-refractivity contribution in [3.05, 3.63) is 0 Å². The molecule has 1 aliphatic rings. The molecule has 0 saturated carbocycles. The second-order valence-corrected chi connectivity index (χ2v) is 5.24. The molecule has 1 fully saturated rings. The maximum atomic E-state index is 3.38. The molecule has 0 amide bonds. The molecule has 3 nitrogen and oxygen atoms in total. The first-order valence-corrected chi connectivity index (χ1v) is 6.73. The van der Waals surface area contributed by atoms with Gasteiger partial charge in [-0.25, -0.2) is 0 Å². The van der Waals surface area contributed by atoms with Crippen LogP contribution in [0.4, 0.5) is 0 Å². The van der Waals surface area contributed by atoms with Gasteiger partial charge in [-0.2, -0.15) is 0 Å². The molecule has 1 aliphatic heterocycles. The molecule has 0 aromatic rings. The molecule has 3 heteroatoms. The zero-order chi connectivity index (χ0) is 12.0. The summed E-state index contributed by atoms with van der Waals surface area (Å²) in [7, 11) is 6.47. The Morgan fingerprint density at radius 3 is 2.69 bits per heavy atom. The Morgan fingerprint density at radius 1 is 1.44 bits per heavy atom. The summed E-state index contributed by atoms with van der Waals surface area (Å²) < 4.78 is 0. The summed E-state index contributed by atoms with van der Waals surface area (Å²) in [5.74, 6) is 0. The first kappa shape index (κ1) is 13.9. The summed E-state index contributed by atoms with van der Waals surface area (Å²) in [6.07, 6.45) is 5.24. The van der Waals surface area contributed by atoms with Crippen molar-refractivity contribution in [3.8, 4) is 0 Å². The number of likely N-dealkylation sites (N-methyl/N-ethyl adjacent to an activating group) is 1. The third kappa shape index (κ3) is 4.40. The normalized spacial score (nSPS) is 24.2. The van der Waals surface area contributed by atoms with Crippen LogP contribution >= 0.6 is 0 Å². The molecular formula is C13H29N3. The van der Waals surface area contributed by atoms with E-state index in [0.717, 1.165) is 6.04 Å². The first-order chi connectivity index (χ1) is 7.67. The molecule has 0 aromatic carbocycles. The zero-order valence-electron chi connectivity index (χ0n) is 11.5. The number of rotatable bonds is 7. The molecule has 1 saturated heterocycles. The van der Waals surface area contributed by atoms with E-state index in [0.29, 0.717) is 6.04 Å². The Morgan fingerprint density at radius 2 is 2.19 bits per heavy atom. The largest absolute Gasteiger partial charge is 0.317 e. The van der Waals surface area contributed by atoms with Crippen LogP contribution in [-0.4, -0.2) is 62.7 Å². The van der Waals surface area contributed by atoms with Gasteiger partial charge >= 0.3 is 0 Å². The van der Waals surface area contributed by atoms with E-state index in [-0.39, 0.29) is 0 Å². The number of likely N-dealkylation sites (tertiary alicyclic amines) is 1. The van der Waals surface area contributed by atoms with Crippen molar-refractivity contribution in [2.24, 2.45) is 0 Å². The Balaban J connectivity index is 2.11. The zero-order valence-corrected chi connectivity index (χ0v) is 11.5. The monoisotopic (exact) mass is 227 g/mol. The highest BCUT2D eigenvalue weighted by Crippen LogP contribution is 2.14. The Hall–Kier alpha value is -0.120. The van der Waals surface area contributed by atoms with Gasteiger partial charge in [0.1, 0.15) is 0 Å². The van der Waals surface area contributed by atoms with Gasteiger partial charge in [0.2, 0.25) is 0 Å². The number of hydrogen-bond acceptors (Lipinski definition) is 3. The summed E-state index contributed by atoms with van der Waals surface area (Å²) in [4.78, 5) is 4.98. The molecule has 1 heterocycles. The summed E-state index contributed by atoms with van der Waals surface area (Å²) in [6.45, 7) is 6.10. The highest BCUT2D eigenvalue weighted by atomic mass is 15.2. The van der Waals surface area contributed by atoms with E-state index < -0.39 is 0 Å². The fraction of sp³-hybridized carbons (Fsp3) is 1.00. The molecule has 16 heavy (non-hydrogen) atoms. The lowest BCUT2D eigenvalue weighted by molar-refractivity contribution is 0.263. The van der Waals surface area contributed by atoms with Crippen LogP contribution in [-0.2, 0) is 0 Å². The summed E-state index contributed by atoms with van der Waals surface area (Å²) in [5.41, 5.74) is 0. The topological polar surface area (TPSA) is 18.5 Å². The van der Waals surface area contributed by atoms with Crippen LogP contribution in [0.3, 0.4) is 0 Å². The predicted octanol–water partition coefficient (Wildman–Crippen LogP) is 1.40. The van der Waals surface area contributed by atoms with Gasteiger partial charge in [-0.3, -0.25) is 0 Å². The smallest absolute Gasteiger partial charge is 0.0229 e. The molecule has 0 aliphatic carbocycles. The molecule has 1 N–H and O–H groups in total. The van der Waals surface area contributed by atoms with Crippen LogP contribution < -0.4 is 5.32 Å². The van der Waals surface area contributed by atoms with Crippen LogP contribution in [0.25, 0.3) is 0 Å². The standard InChI is InChI=1S/C13H29N3/c1-5-12(14-2)7-6-9-16-10-8-13(11-16)15(3)4/h12-14H,5-11H2,1-4H3. The van der Waals surface area contributed by atoms with Gasteiger partial charge < -0.3 is 15.1 Å². The van der Waals surface area contributed by atoms with Crippen molar-refractivity contribution in [2.75, 3.05) is 40.8 Å². The molecular weight excluding hydrogens is 198 g/mol. The minimum atomic E-state index is 0.715. The van der Waals surface area contributed by atoms with Crippen LogP contribution in [0.1, 0.15) is 32.6 Å². The number of nitrogens with one attached hydrogen (secondary N) is 1. The molecule has 0 spiro atoms. The van der Waals surface area contributed by atoms with Crippen LogP contribution in [0.2, 0.25) is 0 Å². The molecule has 0 aromatic heterocycles. The van der Waals surface area contributed by atoms with Crippen molar-refractivity contribution < 1.29 is 0 Å². The van der Waals surface area contributed by atoms with Crippen molar-refractivity contribution in [3.63, 3.8) is 0 Å².